The van der Waals surface area contributed by atoms with Gasteiger partial charge >= 0.3 is 6.18 Å². The molecular weight excluding hydrogens is 521 g/mol. The number of hydrogen-bond acceptors (Lipinski definition) is 5. The first-order valence-corrected chi connectivity index (χ1v) is 13.5. The summed E-state index contributed by atoms with van der Waals surface area (Å²) >= 11 is 0. The molecule has 3 heterocycles. The lowest BCUT2D eigenvalue weighted by atomic mass is 10.1. The van der Waals surface area contributed by atoms with Gasteiger partial charge in [0.25, 0.3) is 0 Å². The Morgan fingerprint density at radius 3 is 2.55 bits per heavy atom. The molecular formula is C29H35F3N6O2. The van der Waals surface area contributed by atoms with Crippen molar-refractivity contribution in [1.82, 2.24) is 30.0 Å². The van der Waals surface area contributed by atoms with Crippen molar-refractivity contribution in [2.45, 2.75) is 44.6 Å². The zero-order valence-corrected chi connectivity index (χ0v) is 22.3. The first-order chi connectivity index (χ1) is 19.3. The number of amides is 2. The van der Waals surface area contributed by atoms with Crippen LogP contribution in [0.2, 0.25) is 0 Å². The third kappa shape index (κ3) is 9.20. The molecule has 0 spiro atoms. The van der Waals surface area contributed by atoms with Crippen molar-refractivity contribution >= 4 is 11.8 Å². The van der Waals surface area contributed by atoms with Crippen molar-refractivity contribution in [3.05, 3.63) is 84.4 Å². The standard InChI is InChI=1S/C29H35F3N6O2/c30-29(31,32)22-35-28(40)26-21-36(19-24-11-14-38(20-24)25-9-6-12-33-18-25)15-16-37(26)13-5-4-10-27(39)34-17-23-7-2-1-3-8-23/h1-3,6-9,11-12,14,18,20,26H,4-5,10,13,15-17,19,21-22H2,(H,34,39)(H,35,40). The van der Waals surface area contributed by atoms with Crippen LogP contribution in [0.1, 0.15) is 30.4 Å². The van der Waals surface area contributed by atoms with Gasteiger partial charge in [-0.2, -0.15) is 13.2 Å². The van der Waals surface area contributed by atoms with E-state index in [1.807, 2.05) is 70.4 Å². The number of nitrogens with zero attached hydrogens (tertiary/aromatic N) is 4. The van der Waals surface area contributed by atoms with Gasteiger partial charge in [0.05, 0.1) is 11.9 Å². The highest BCUT2D eigenvalue weighted by molar-refractivity contribution is 5.82. The van der Waals surface area contributed by atoms with E-state index in [2.05, 4.69) is 20.5 Å². The van der Waals surface area contributed by atoms with Gasteiger partial charge in [0.1, 0.15) is 12.6 Å². The normalized spacial score (nSPS) is 16.5. The number of unbranched alkanes of at least 4 members (excludes halogenated alkanes) is 1. The van der Waals surface area contributed by atoms with E-state index in [0.29, 0.717) is 58.5 Å². The highest BCUT2D eigenvalue weighted by Gasteiger charge is 2.35. The maximum atomic E-state index is 12.8. The van der Waals surface area contributed by atoms with E-state index < -0.39 is 24.7 Å². The van der Waals surface area contributed by atoms with Gasteiger partial charge in [-0.25, -0.2) is 0 Å². The quantitative estimate of drug-likeness (QED) is 0.334. The van der Waals surface area contributed by atoms with E-state index in [-0.39, 0.29) is 5.91 Å². The fraction of sp³-hybridized carbons (Fsp3) is 0.414. The van der Waals surface area contributed by atoms with E-state index in [4.69, 9.17) is 0 Å². The molecule has 0 saturated carbocycles. The smallest absolute Gasteiger partial charge is 0.352 e. The average molecular weight is 557 g/mol. The molecule has 1 fully saturated rings. The molecule has 11 heteroatoms. The van der Waals surface area contributed by atoms with Gasteiger partial charge < -0.3 is 15.2 Å². The first kappa shape index (κ1) is 29.3. The number of benzene rings is 1. The summed E-state index contributed by atoms with van der Waals surface area (Å²) in [5, 5.41) is 4.97. The van der Waals surface area contributed by atoms with E-state index in [9.17, 15) is 22.8 Å². The lowest BCUT2D eigenvalue weighted by Crippen LogP contribution is -2.59. The Balaban J connectivity index is 1.28. The minimum atomic E-state index is -4.48. The Morgan fingerprint density at radius 1 is 0.975 bits per heavy atom. The highest BCUT2D eigenvalue weighted by atomic mass is 19.4. The number of rotatable bonds is 12. The predicted octanol–water partition coefficient (Wildman–Crippen LogP) is 3.52. The topological polar surface area (TPSA) is 82.5 Å². The van der Waals surface area contributed by atoms with Crippen molar-refractivity contribution in [1.29, 1.82) is 0 Å². The van der Waals surface area contributed by atoms with Crippen LogP contribution in [0.5, 0.6) is 0 Å². The molecule has 3 aromatic rings. The van der Waals surface area contributed by atoms with Crippen LogP contribution >= 0.6 is 0 Å². The molecule has 1 aliphatic rings. The van der Waals surface area contributed by atoms with Gasteiger partial charge in [0, 0.05) is 57.7 Å². The number of carbonyl (C=O) groups excluding carboxylic acids is 2. The molecule has 1 saturated heterocycles. The summed E-state index contributed by atoms with van der Waals surface area (Å²) in [6.07, 6.45) is 4.56. The van der Waals surface area contributed by atoms with Crippen LogP contribution in [0, 0.1) is 0 Å². The second kappa shape index (κ2) is 14.1. The number of aromatic nitrogens is 2. The zero-order valence-electron chi connectivity index (χ0n) is 22.3. The molecule has 2 amide bonds. The van der Waals surface area contributed by atoms with Crippen LogP contribution in [-0.2, 0) is 22.7 Å². The molecule has 0 radical (unpaired) electrons. The Labute approximate surface area is 232 Å². The van der Waals surface area contributed by atoms with Gasteiger partial charge in [-0.05, 0) is 48.7 Å². The second-order valence-electron chi connectivity index (χ2n) is 9.98. The Bertz CT molecular complexity index is 1220. The van der Waals surface area contributed by atoms with Gasteiger partial charge in [-0.15, -0.1) is 0 Å². The molecule has 2 aromatic heterocycles. The van der Waals surface area contributed by atoms with Crippen molar-refractivity contribution in [2.75, 3.05) is 32.7 Å². The summed E-state index contributed by atoms with van der Waals surface area (Å²) in [5.41, 5.74) is 2.99. The van der Waals surface area contributed by atoms with E-state index in [1.54, 1.807) is 12.4 Å². The van der Waals surface area contributed by atoms with Gasteiger partial charge in [-0.3, -0.25) is 24.4 Å². The van der Waals surface area contributed by atoms with Crippen LogP contribution in [0.3, 0.4) is 0 Å². The van der Waals surface area contributed by atoms with Crippen LogP contribution in [0.4, 0.5) is 13.2 Å². The summed E-state index contributed by atoms with van der Waals surface area (Å²) in [5.74, 6) is -0.679. The predicted molar refractivity (Wildman–Crippen MR) is 145 cm³/mol. The van der Waals surface area contributed by atoms with E-state index >= 15 is 0 Å². The van der Waals surface area contributed by atoms with Crippen molar-refractivity contribution in [2.24, 2.45) is 0 Å². The molecule has 4 rings (SSSR count). The summed E-state index contributed by atoms with van der Waals surface area (Å²) in [6, 6.07) is 14.7. The lowest BCUT2D eigenvalue weighted by Gasteiger charge is -2.40. The molecule has 0 aliphatic carbocycles. The van der Waals surface area contributed by atoms with Gasteiger partial charge in [0.2, 0.25) is 11.8 Å². The van der Waals surface area contributed by atoms with E-state index in [0.717, 1.165) is 16.8 Å². The second-order valence-corrected chi connectivity index (χ2v) is 9.98. The van der Waals surface area contributed by atoms with Crippen molar-refractivity contribution in [3.8, 4) is 5.69 Å². The third-order valence-electron chi connectivity index (χ3n) is 6.88. The maximum Gasteiger partial charge on any atom is 0.405 e. The Morgan fingerprint density at radius 2 is 1.80 bits per heavy atom. The number of hydrogen-bond donors (Lipinski definition) is 2. The number of piperazine rings is 1. The molecule has 1 aliphatic heterocycles. The van der Waals surface area contributed by atoms with Crippen LogP contribution < -0.4 is 10.6 Å². The first-order valence-electron chi connectivity index (χ1n) is 13.5. The molecule has 214 valence electrons. The lowest BCUT2D eigenvalue weighted by molar-refractivity contribution is -0.143. The Kier molecular flexibility index (Phi) is 10.3. The third-order valence-corrected chi connectivity index (χ3v) is 6.88. The average Bonchev–Trinajstić information content (AvgIpc) is 3.42. The van der Waals surface area contributed by atoms with Crippen LogP contribution in [0.15, 0.2) is 73.3 Å². The summed E-state index contributed by atoms with van der Waals surface area (Å²) in [7, 11) is 0. The van der Waals surface area contributed by atoms with Crippen LogP contribution in [0.25, 0.3) is 5.69 Å². The number of carbonyl (C=O) groups is 2. The maximum absolute atomic E-state index is 12.8. The number of nitrogens with one attached hydrogen (secondary N) is 2. The SMILES string of the molecule is O=C(CCCCN1CCN(Cc2ccn(-c3cccnc3)c2)CC1C(=O)NCC(F)(F)F)NCc1ccccc1. The van der Waals surface area contributed by atoms with Crippen LogP contribution in [-0.4, -0.2) is 76.1 Å². The molecule has 40 heavy (non-hydrogen) atoms. The number of halogens is 3. The minimum Gasteiger partial charge on any atom is -0.352 e. The minimum absolute atomic E-state index is 0.0497. The fourth-order valence-corrected chi connectivity index (χ4v) is 4.79. The van der Waals surface area contributed by atoms with Crippen molar-refractivity contribution in [3.63, 3.8) is 0 Å². The van der Waals surface area contributed by atoms with E-state index in [1.165, 1.54) is 0 Å². The summed E-state index contributed by atoms with van der Waals surface area (Å²) in [4.78, 5) is 33.2. The monoisotopic (exact) mass is 556 g/mol. The Hall–Kier alpha value is -3.70. The zero-order chi connectivity index (χ0) is 28.4. The summed E-state index contributed by atoms with van der Waals surface area (Å²) in [6.45, 7) is 1.76. The van der Waals surface area contributed by atoms with Crippen molar-refractivity contribution < 1.29 is 22.8 Å². The number of alkyl halides is 3. The molecule has 1 unspecified atom stereocenters. The molecule has 2 N–H and O–H groups in total. The highest BCUT2D eigenvalue weighted by Crippen LogP contribution is 2.18. The molecule has 8 nitrogen and oxygen atoms in total. The van der Waals surface area contributed by atoms with Gasteiger partial charge in [0.15, 0.2) is 0 Å². The fourth-order valence-electron chi connectivity index (χ4n) is 4.79. The molecule has 1 atom stereocenters. The molecule has 1 aromatic carbocycles. The summed E-state index contributed by atoms with van der Waals surface area (Å²) < 4.78 is 40.4. The number of pyridine rings is 1. The molecule has 0 bridgehead atoms. The van der Waals surface area contributed by atoms with Gasteiger partial charge in [-0.1, -0.05) is 30.3 Å². The largest absolute Gasteiger partial charge is 0.405 e.